The smallest absolute Gasteiger partial charge is 0.222 e. The van der Waals surface area contributed by atoms with Crippen LogP contribution in [0.1, 0.15) is 29.0 Å². The summed E-state index contributed by atoms with van der Waals surface area (Å²) in [6.07, 6.45) is 3.58. The minimum absolute atomic E-state index is 0. The van der Waals surface area contributed by atoms with Crippen molar-refractivity contribution in [3.63, 3.8) is 0 Å². The molecule has 0 radical (unpaired) electrons. The van der Waals surface area contributed by atoms with E-state index in [0.29, 0.717) is 6.42 Å². The molecule has 0 aromatic carbocycles. The molecular weight excluding hydrogens is 268 g/mol. The number of rotatable bonds is 4. The highest BCUT2D eigenvalue weighted by atomic mass is 35.5. The van der Waals surface area contributed by atoms with Crippen LogP contribution in [0.5, 0.6) is 0 Å². The molecule has 1 aliphatic heterocycles. The van der Waals surface area contributed by atoms with Gasteiger partial charge < -0.3 is 10.6 Å². The Morgan fingerprint density at radius 2 is 2.33 bits per heavy atom. The number of nitrogens with two attached hydrogens (primary N) is 1. The zero-order chi connectivity index (χ0) is 12.3. The Hall–Kier alpha value is -0.580. The predicted octanol–water partition coefficient (Wildman–Crippen LogP) is 2.36. The molecule has 5 heteroatoms. The number of aryl methyl sites for hydroxylation is 2. The molecule has 1 amide bonds. The predicted molar refractivity (Wildman–Crippen MR) is 78.4 cm³/mol. The summed E-state index contributed by atoms with van der Waals surface area (Å²) in [7, 11) is 0. The monoisotopic (exact) mass is 288 g/mol. The van der Waals surface area contributed by atoms with E-state index in [-0.39, 0.29) is 24.4 Å². The summed E-state index contributed by atoms with van der Waals surface area (Å²) in [5.41, 5.74) is 5.79. The first-order valence-corrected chi connectivity index (χ1v) is 7.05. The molecule has 1 aliphatic rings. The number of hydrogen-bond acceptors (Lipinski definition) is 3. The van der Waals surface area contributed by atoms with Crippen molar-refractivity contribution in [1.29, 1.82) is 0 Å². The van der Waals surface area contributed by atoms with Gasteiger partial charge in [0.1, 0.15) is 0 Å². The molecule has 0 spiro atoms. The minimum atomic E-state index is 0. The maximum absolute atomic E-state index is 11.9. The van der Waals surface area contributed by atoms with Crippen molar-refractivity contribution in [2.45, 2.75) is 38.6 Å². The number of nitrogens with zero attached hydrogens (tertiary/aromatic N) is 1. The van der Waals surface area contributed by atoms with Crippen LogP contribution in [0.3, 0.4) is 0 Å². The van der Waals surface area contributed by atoms with Crippen molar-refractivity contribution in [1.82, 2.24) is 4.90 Å². The van der Waals surface area contributed by atoms with Crippen molar-refractivity contribution < 1.29 is 4.79 Å². The molecular formula is C13H21ClN2OS. The van der Waals surface area contributed by atoms with Gasteiger partial charge in [0, 0.05) is 35.3 Å². The molecule has 2 heterocycles. The average molecular weight is 289 g/mol. The maximum atomic E-state index is 11.9. The van der Waals surface area contributed by atoms with E-state index in [9.17, 15) is 4.79 Å². The van der Waals surface area contributed by atoms with Crippen molar-refractivity contribution in [2.75, 3.05) is 13.1 Å². The van der Waals surface area contributed by atoms with Gasteiger partial charge in [0.2, 0.25) is 5.91 Å². The number of hydrogen-bond donors (Lipinski definition) is 1. The highest BCUT2D eigenvalue weighted by Gasteiger charge is 2.22. The van der Waals surface area contributed by atoms with Crippen LogP contribution in [0.4, 0.5) is 0 Å². The van der Waals surface area contributed by atoms with Crippen LogP contribution >= 0.6 is 23.7 Å². The fourth-order valence-corrected chi connectivity index (χ4v) is 3.14. The summed E-state index contributed by atoms with van der Waals surface area (Å²) >= 11 is 1.83. The SMILES string of the molecule is Cc1ccc(CCCC(=O)N2CC[C@@H](N)C2)s1.Cl. The van der Waals surface area contributed by atoms with E-state index in [2.05, 4.69) is 19.1 Å². The lowest BCUT2D eigenvalue weighted by atomic mass is 10.2. The second kappa shape index (κ2) is 7.12. The maximum Gasteiger partial charge on any atom is 0.222 e. The standard InChI is InChI=1S/C13H20N2OS.ClH/c1-10-5-6-12(17-10)3-2-4-13(16)15-8-7-11(14)9-15;/h5-6,11H,2-4,7-9,14H2,1H3;1H/t11-;/m1./s1. The molecule has 0 saturated carbocycles. The van der Waals surface area contributed by atoms with Gasteiger partial charge in [-0.25, -0.2) is 0 Å². The molecule has 2 N–H and O–H groups in total. The number of carbonyl (C=O) groups excluding carboxylic acids is 1. The van der Waals surface area contributed by atoms with E-state index < -0.39 is 0 Å². The van der Waals surface area contributed by atoms with Gasteiger partial charge >= 0.3 is 0 Å². The summed E-state index contributed by atoms with van der Waals surface area (Å²) < 4.78 is 0. The third-order valence-corrected chi connectivity index (χ3v) is 4.25. The van der Waals surface area contributed by atoms with E-state index >= 15 is 0 Å². The molecule has 1 fully saturated rings. The van der Waals surface area contributed by atoms with Crippen LogP contribution in [0.25, 0.3) is 0 Å². The lowest BCUT2D eigenvalue weighted by Gasteiger charge is -2.15. The Kier molecular flexibility index (Phi) is 6.12. The fraction of sp³-hybridized carbons (Fsp3) is 0.615. The van der Waals surface area contributed by atoms with Crippen molar-refractivity contribution >= 4 is 29.7 Å². The van der Waals surface area contributed by atoms with Gasteiger partial charge in [-0.3, -0.25) is 4.79 Å². The Morgan fingerprint density at radius 1 is 1.56 bits per heavy atom. The van der Waals surface area contributed by atoms with E-state index in [0.717, 1.165) is 32.4 Å². The van der Waals surface area contributed by atoms with Gasteiger partial charge in [-0.05, 0) is 38.3 Å². The van der Waals surface area contributed by atoms with Crippen LogP contribution in [0.15, 0.2) is 12.1 Å². The molecule has 1 saturated heterocycles. The Morgan fingerprint density at radius 3 is 2.89 bits per heavy atom. The first-order valence-electron chi connectivity index (χ1n) is 6.24. The molecule has 1 aromatic rings. The molecule has 0 unspecified atom stereocenters. The van der Waals surface area contributed by atoms with E-state index in [1.165, 1.54) is 9.75 Å². The molecule has 102 valence electrons. The van der Waals surface area contributed by atoms with Crippen molar-refractivity contribution in [2.24, 2.45) is 5.73 Å². The number of thiophene rings is 1. The molecule has 0 aliphatic carbocycles. The highest BCUT2D eigenvalue weighted by Crippen LogP contribution is 2.18. The Balaban J connectivity index is 0.00000162. The van der Waals surface area contributed by atoms with Crippen LogP contribution in [0, 0.1) is 6.92 Å². The van der Waals surface area contributed by atoms with Gasteiger partial charge in [-0.15, -0.1) is 23.7 Å². The molecule has 0 bridgehead atoms. The number of likely N-dealkylation sites (tertiary alicyclic amines) is 1. The quantitative estimate of drug-likeness (QED) is 0.924. The topological polar surface area (TPSA) is 46.3 Å². The van der Waals surface area contributed by atoms with Gasteiger partial charge in [-0.1, -0.05) is 0 Å². The second-order valence-corrected chi connectivity index (χ2v) is 6.13. The first-order chi connectivity index (χ1) is 8.15. The number of amides is 1. The summed E-state index contributed by atoms with van der Waals surface area (Å²) in [4.78, 5) is 16.5. The van der Waals surface area contributed by atoms with Crippen LogP contribution in [-0.4, -0.2) is 29.9 Å². The van der Waals surface area contributed by atoms with Crippen LogP contribution in [0.2, 0.25) is 0 Å². The largest absolute Gasteiger partial charge is 0.341 e. The van der Waals surface area contributed by atoms with Gasteiger partial charge in [0.15, 0.2) is 0 Å². The Labute approximate surface area is 119 Å². The summed E-state index contributed by atoms with van der Waals surface area (Å²) in [6, 6.07) is 4.50. The van der Waals surface area contributed by atoms with E-state index in [1.54, 1.807) is 0 Å². The molecule has 2 rings (SSSR count). The lowest BCUT2D eigenvalue weighted by molar-refractivity contribution is -0.130. The van der Waals surface area contributed by atoms with Crippen LogP contribution in [-0.2, 0) is 11.2 Å². The average Bonchev–Trinajstić information content (AvgIpc) is 2.88. The number of halogens is 1. The minimum Gasteiger partial charge on any atom is -0.341 e. The normalized spacial score (nSPS) is 18.8. The zero-order valence-electron chi connectivity index (χ0n) is 10.7. The van der Waals surface area contributed by atoms with Crippen molar-refractivity contribution in [3.8, 4) is 0 Å². The molecule has 18 heavy (non-hydrogen) atoms. The first kappa shape index (κ1) is 15.5. The third-order valence-electron chi connectivity index (χ3n) is 3.19. The van der Waals surface area contributed by atoms with Crippen molar-refractivity contribution in [3.05, 3.63) is 21.9 Å². The van der Waals surface area contributed by atoms with Gasteiger partial charge in [0.25, 0.3) is 0 Å². The highest BCUT2D eigenvalue weighted by molar-refractivity contribution is 7.11. The van der Waals surface area contributed by atoms with Crippen LogP contribution < -0.4 is 5.73 Å². The fourth-order valence-electron chi connectivity index (χ4n) is 2.21. The van der Waals surface area contributed by atoms with Gasteiger partial charge in [0.05, 0.1) is 0 Å². The lowest BCUT2D eigenvalue weighted by Crippen LogP contribution is -2.31. The summed E-state index contributed by atoms with van der Waals surface area (Å²) in [6.45, 7) is 3.71. The second-order valence-electron chi connectivity index (χ2n) is 4.75. The Bertz CT molecular complexity index is 394. The molecule has 1 aromatic heterocycles. The third kappa shape index (κ3) is 4.26. The molecule has 1 atom stereocenters. The van der Waals surface area contributed by atoms with E-state index in [4.69, 9.17) is 5.73 Å². The molecule has 3 nitrogen and oxygen atoms in total. The zero-order valence-corrected chi connectivity index (χ0v) is 12.4. The number of carbonyl (C=O) groups is 1. The van der Waals surface area contributed by atoms with Gasteiger partial charge in [-0.2, -0.15) is 0 Å². The summed E-state index contributed by atoms with van der Waals surface area (Å²) in [5, 5.41) is 0. The summed E-state index contributed by atoms with van der Waals surface area (Å²) in [5.74, 6) is 0.270. The van der Waals surface area contributed by atoms with E-state index in [1.807, 2.05) is 16.2 Å².